The van der Waals surface area contributed by atoms with Gasteiger partial charge in [-0.05, 0) is 25.9 Å². The molecule has 0 bridgehead atoms. The van der Waals surface area contributed by atoms with Crippen LogP contribution in [0.3, 0.4) is 0 Å². The smallest absolute Gasteiger partial charge is 0.224 e. The van der Waals surface area contributed by atoms with Gasteiger partial charge in [-0.3, -0.25) is 9.59 Å². The molecule has 1 saturated heterocycles. The third-order valence-electron chi connectivity index (χ3n) is 3.09. The van der Waals surface area contributed by atoms with Gasteiger partial charge < -0.3 is 15.1 Å². The van der Waals surface area contributed by atoms with Gasteiger partial charge >= 0.3 is 0 Å². The minimum atomic E-state index is -0.0856. The molecule has 0 unspecified atom stereocenters. The maximum Gasteiger partial charge on any atom is 0.224 e. The standard InChI is InChI=1S/C12H23N3O2/c1-11(16)13-6-5-12(17)14(2)9-10-15-7-3-4-8-15/h3-10H2,1-2H3,(H,13,16). The van der Waals surface area contributed by atoms with Gasteiger partial charge in [-0.25, -0.2) is 0 Å². The first-order chi connectivity index (χ1) is 8.09. The molecule has 1 heterocycles. The van der Waals surface area contributed by atoms with E-state index in [-0.39, 0.29) is 11.8 Å². The van der Waals surface area contributed by atoms with Gasteiger partial charge in [0.2, 0.25) is 11.8 Å². The lowest BCUT2D eigenvalue weighted by Crippen LogP contribution is -2.36. The fourth-order valence-electron chi connectivity index (χ4n) is 1.96. The van der Waals surface area contributed by atoms with E-state index in [2.05, 4.69) is 10.2 Å². The second-order valence-electron chi connectivity index (χ2n) is 4.60. The van der Waals surface area contributed by atoms with Crippen LogP contribution in [0.2, 0.25) is 0 Å². The van der Waals surface area contributed by atoms with Crippen LogP contribution in [0.15, 0.2) is 0 Å². The van der Waals surface area contributed by atoms with Crippen molar-refractivity contribution >= 4 is 11.8 Å². The first-order valence-corrected chi connectivity index (χ1v) is 6.30. The van der Waals surface area contributed by atoms with Crippen LogP contribution in [0.5, 0.6) is 0 Å². The summed E-state index contributed by atoms with van der Waals surface area (Å²) in [6, 6.07) is 0. The van der Waals surface area contributed by atoms with Gasteiger partial charge in [0.25, 0.3) is 0 Å². The zero-order chi connectivity index (χ0) is 12.7. The van der Waals surface area contributed by atoms with Crippen LogP contribution in [0.25, 0.3) is 0 Å². The zero-order valence-electron chi connectivity index (χ0n) is 10.9. The number of likely N-dealkylation sites (N-methyl/N-ethyl adjacent to an activating group) is 1. The molecule has 0 aromatic rings. The first kappa shape index (κ1) is 14.0. The normalized spacial score (nSPS) is 15.9. The maximum absolute atomic E-state index is 11.7. The number of carbonyl (C=O) groups excluding carboxylic acids is 2. The fraction of sp³-hybridized carbons (Fsp3) is 0.833. The molecule has 1 aliphatic rings. The predicted molar refractivity (Wildman–Crippen MR) is 66.6 cm³/mol. The highest BCUT2D eigenvalue weighted by Gasteiger charge is 2.14. The summed E-state index contributed by atoms with van der Waals surface area (Å²) < 4.78 is 0. The third-order valence-corrected chi connectivity index (χ3v) is 3.09. The van der Waals surface area contributed by atoms with Crippen molar-refractivity contribution < 1.29 is 9.59 Å². The summed E-state index contributed by atoms with van der Waals surface area (Å²) >= 11 is 0. The quantitative estimate of drug-likeness (QED) is 0.716. The van der Waals surface area contributed by atoms with Gasteiger partial charge in [0.05, 0.1) is 0 Å². The molecule has 5 heteroatoms. The van der Waals surface area contributed by atoms with E-state index in [1.807, 2.05) is 7.05 Å². The van der Waals surface area contributed by atoms with Crippen molar-refractivity contribution in [1.29, 1.82) is 0 Å². The van der Waals surface area contributed by atoms with Crippen LogP contribution in [0.1, 0.15) is 26.2 Å². The molecule has 17 heavy (non-hydrogen) atoms. The topological polar surface area (TPSA) is 52.7 Å². The Bertz CT molecular complexity index is 262. The van der Waals surface area contributed by atoms with Crippen molar-refractivity contribution in [1.82, 2.24) is 15.1 Å². The van der Waals surface area contributed by atoms with Crippen LogP contribution in [-0.2, 0) is 9.59 Å². The van der Waals surface area contributed by atoms with Crippen LogP contribution in [-0.4, -0.2) is 61.4 Å². The van der Waals surface area contributed by atoms with Crippen LogP contribution in [0.4, 0.5) is 0 Å². The monoisotopic (exact) mass is 241 g/mol. The Balaban J connectivity index is 2.10. The Morgan fingerprint density at radius 1 is 1.29 bits per heavy atom. The highest BCUT2D eigenvalue weighted by atomic mass is 16.2. The molecule has 0 saturated carbocycles. The highest BCUT2D eigenvalue weighted by molar-refractivity contribution is 5.77. The molecule has 0 aromatic heterocycles. The first-order valence-electron chi connectivity index (χ1n) is 6.30. The molecule has 2 amide bonds. The van der Waals surface area contributed by atoms with Gasteiger partial charge in [-0.2, -0.15) is 0 Å². The average molecular weight is 241 g/mol. The molecule has 98 valence electrons. The number of nitrogens with one attached hydrogen (secondary N) is 1. The number of likely N-dealkylation sites (tertiary alicyclic amines) is 1. The number of amides is 2. The summed E-state index contributed by atoms with van der Waals surface area (Å²) in [5.74, 6) is 0.00969. The molecule has 0 aliphatic carbocycles. The molecule has 5 nitrogen and oxygen atoms in total. The second-order valence-corrected chi connectivity index (χ2v) is 4.60. The van der Waals surface area contributed by atoms with Crippen molar-refractivity contribution in [3.05, 3.63) is 0 Å². The molecule has 1 aliphatic heterocycles. The molecule has 1 fully saturated rings. The lowest BCUT2D eigenvalue weighted by Gasteiger charge is -2.21. The van der Waals surface area contributed by atoms with Gasteiger partial charge in [0.1, 0.15) is 0 Å². The minimum absolute atomic E-state index is 0.0856. The lowest BCUT2D eigenvalue weighted by molar-refractivity contribution is -0.130. The summed E-state index contributed by atoms with van der Waals surface area (Å²) in [6.45, 7) is 5.95. The van der Waals surface area contributed by atoms with Gasteiger partial charge in [-0.15, -0.1) is 0 Å². The molecular weight excluding hydrogens is 218 g/mol. The van der Waals surface area contributed by atoms with Crippen molar-refractivity contribution in [3.63, 3.8) is 0 Å². The molecule has 0 radical (unpaired) electrons. The number of rotatable bonds is 6. The summed E-state index contributed by atoms with van der Waals surface area (Å²) in [6.07, 6.45) is 2.94. The van der Waals surface area contributed by atoms with E-state index in [0.29, 0.717) is 13.0 Å². The summed E-state index contributed by atoms with van der Waals surface area (Å²) in [4.78, 5) is 26.5. The van der Waals surface area contributed by atoms with E-state index in [1.54, 1.807) is 4.90 Å². The van der Waals surface area contributed by atoms with E-state index in [9.17, 15) is 9.59 Å². The second kappa shape index (κ2) is 7.27. The minimum Gasteiger partial charge on any atom is -0.356 e. The van der Waals surface area contributed by atoms with Gasteiger partial charge in [-0.1, -0.05) is 0 Å². The van der Waals surface area contributed by atoms with E-state index in [0.717, 1.165) is 26.2 Å². The number of hydrogen-bond acceptors (Lipinski definition) is 3. The van der Waals surface area contributed by atoms with Crippen LogP contribution >= 0.6 is 0 Å². The Morgan fingerprint density at radius 3 is 2.53 bits per heavy atom. The Kier molecular flexibility index (Phi) is 5.97. The molecule has 1 N–H and O–H groups in total. The lowest BCUT2D eigenvalue weighted by atomic mass is 10.3. The van der Waals surface area contributed by atoms with Gasteiger partial charge in [0.15, 0.2) is 0 Å². The number of hydrogen-bond donors (Lipinski definition) is 1. The molecule has 0 aromatic carbocycles. The SMILES string of the molecule is CC(=O)NCCC(=O)N(C)CCN1CCCC1. The highest BCUT2D eigenvalue weighted by Crippen LogP contribution is 2.06. The summed E-state index contributed by atoms with van der Waals surface area (Å²) in [7, 11) is 1.83. The largest absolute Gasteiger partial charge is 0.356 e. The average Bonchev–Trinajstić information content (AvgIpc) is 2.78. The predicted octanol–water partition coefficient (Wildman–Crippen LogP) is 0.0668. The number of nitrogens with zero attached hydrogens (tertiary/aromatic N) is 2. The summed E-state index contributed by atoms with van der Waals surface area (Å²) in [5, 5.41) is 2.63. The maximum atomic E-state index is 11.7. The molecular formula is C12H23N3O2. The molecule has 0 atom stereocenters. The number of carbonyl (C=O) groups is 2. The van der Waals surface area contributed by atoms with E-state index < -0.39 is 0 Å². The van der Waals surface area contributed by atoms with E-state index in [1.165, 1.54) is 19.8 Å². The van der Waals surface area contributed by atoms with Crippen molar-refractivity contribution in [2.45, 2.75) is 26.2 Å². The molecule has 1 rings (SSSR count). The third kappa shape index (κ3) is 5.68. The Morgan fingerprint density at radius 2 is 1.94 bits per heavy atom. The van der Waals surface area contributed by atoms with Crippen LogP contribution < -0.4 is 5.32 Å². The summed E-state index contributed by atoms with van der Waals surface area (Å²) in [5.41, 5.74) is 0. The zero-order valence-corrected chi connectivity index (χ0v) is 10.9. The van der Waals surface area contributed by atoms with Crippen molar-refractivity contribution in [2.24, 2.45) is 0 Å². The van der Waals surface area contributed by atoms with E-state index >= 15 is 0 Å². The van der Waals surface area contributed by atoms with Gasteiger partial charge in [0, 0.05) is 40.0 Å². The Hall–Kier alpha value is -1.10. The fourth-order valence-corrected chi connectivity index (χ4v) is 1.96. The van der Waals surface area contributed by atoms with Crippen LogP contribution in [0, 0.1) is 0 Å². The van der Waals surface area contributed by atoms with Crippen molar-refractivity contribution in [2.75, 3.05) is 39.8 Å². The van der Waals surface area contributed by atoms with E-state index in [4.69, 9.17) is 0 Å². The van der Waals surface area contributed by atoms with Crippen molar-refractivity contribution in [3.8, 4) is 0 Å². The molecule has 0 spiro atoms. The Labute approximate surface area is 103 Å².